The molecule has 0 atom stereocenters. The highest BCUT2D eigenvalue weighted by Gasteiger charge is 2.16. The number of imidazole rings is 1. The molecule has 0 aliphatic carbocycles. The van der Waals surface area contributed by atoms with E-state index in [4.69, 9.17) is 0 Å². The van der Waals surface area contributed by atoms with Crippen molar-refractivity contribution in [2.75, 3.05) is 18.4 Å². The van der Waals surface area contributed by atoms with Crippen LogP contribution < -0.4 is 22.3 Å². The van der Waals surface area contributed by atoms with Crippen molar-refractivity contribution in [3.05, 3.63) is 20.8 Å². The first-order valence-electron chi connectivity index (χ1n) is 5.64. The molecule has 0 spiro atoms. The quantitative estimate of drug-likeness (QED) is 0.638. The topological polar surface area (TPSA) is 101 Å². The third kappa shape index (κ3) is 1.61. The van der Waals surface area contributed by atoms with Crippen LogP contribution in [0, 0.1) is 0 Å². The molecule has 0 unspecified atom stereocenters. The summed E-state index contributed by atoms with van der Waals surface area (Å²) in [6.45, 7) is 1.37. The molecule has 2 rings (SSSR count). The molecule has 4 N–H and O–H groups in total. The second-order valence-corrected chi connectivity index (χ2v) is 4.15. The number of aryl methyl sites for hydroxylation is 2. The molecular formula is C10H17N6O2+. The van der Waals surface area contributed by atoms with Crippen LogP contribution in [0.4, 0.5) is 5.95 Å². The SMILES string of the molecule is Cn1c(=O)c2c(nc(NCC[NH3+])n2C)n(C)c1=O. The van der Waals surface area contributed by atoms with E-state index in [0.717, 1.165) is 4.57 Å². The maximum Gasteiger partial charge on any atom is 0.332 e. The van der Waals surface area contributed by atoms with E-state index in [1.54, 1.807) is 18.7 Å². The van der Waals surface area contributed by atoms with E-state index in [2.05, 4.69) is 16.0 Å². The second kappa shape index (κ2) is 4.30. The summed E-state index contributed by atoms with van der Waals surface area (Å²) < 4.78 is 4.11. The van der Waals surface area contributed by atoms with Crippen LogP contribution in [0.3, 0.4) is 0 Å². The predicted molar refractivity (Wildman–Crippen MR) is 67.4 cm³/mol. The summed E-state index contributed by atoms with van der Waals surface area (Å²) in [7, 11) is 4.80. The van der Waals surface area contributed by atoms with E-state index in [1.165, 1.54) is 11.6 Å². The van der Waals surface area contributed by atoms with Crippen molar-refractivity contribution < 1.29 is 5.73 Å². The first-order chi connectivity index (χ1) is 8.49. The van der Waals surface area contributed by atoms with E-state index < -0.39 is 0 Å². The van der Waals surface area contributed by atoms with E-state index in [1.807, 2.05) is 0 Å². The number of hydrogen-bond donors (Lipinski definition) is 2. The molecule has 18 heavy (non-hydrogen) atoms. The lowest BCUT2D eigenvalue weighted by atomic mass is 10.5. The summed E-state index contributed by atoms with van der Waals surface area (Å²) >= 11 is 0. The average molecular weight is 253 g/mol. The normalized spacial score (nSPS) is 11.1. The summed E-state index contributed by atoms with van der Waals surface area (Å²) in [5.41, 5.74) is 3.80. The van der Waals surface area contributed by atoms with Gasteiger partial charge in [0.05, 0.1) is 13.1 Å². The Hall–Kier alpha value is -2.09. The van der Waals surface area contributed by atoms with Crippen LogP contribution in [0.5, 0.6) is 0 Å². The van der Waals surface area contributed by atoms with E-state index in [9.17, 15) is 9.59 Å². The third-order valence-electron chi connectivity index (χ3n) is 2.94. The summed E-state index contributed by atoms with van der Waals surface area (Å²) in [4.78, 5) is 28.1. The molecule has 0 amide bonds. The summed E-state index contributed by atoms with van der Waals surface area (Å²) in [6, 6.07) is 0. The molecule has 0 radical (unpaired) electrons. The van der Waals surface area contributed by atoms with Crippen molar-refractivity contribution in [2.24, 2.45) is 21.1 Å². The molecule has 0 aromatic carbocycles. The molecule has 0 fully saturated rings. The minimum absolute atomic E-state index is 0.342. The molecule has 0 saturated carbocycles. The molecular weight excluding hydrogens is 236 g/mol. The molecule has 2 heterocycles. The Morgan fingerprint density at radius 1 is 1.17 bits per heavy atom. The first-order valence-corrected chi connectivity index (χ1v) is 5.64. The monoisotopic (exact) mass is 253 g/mol. The number of hydrogen-bond acceptors (Lipinski definition) is 4. The van der Waals surface area contributed by atoms with Gasteiger partial charge in [-0.2, -0.15) is 4.98 Å². The van der Waals surface area contributed by atoms with E-state index >= 15 is 0 Å². The van der Waals surface area contributed by atoms with Gasteiger partial charge in [-0.1, -0.05) is 0 Å². The average Bonchev–Trinajstić information content (AvgIpc) is 2.69. The van der Waals surface area contributed by atoms with Gasteiger partial charge in [-0.15, -0.1) is 0 Å². The Kier molecular flexibility index (Phi) is 2.95. The lowest BCUT2D eigenvalue weighted by Gasteiger charge is -2.04. The van der Waals surface area contributed by atoms with Crippen LogP contribution in [0.1, 0.15) is 0 Å². The van der Waals surface area contributed by atoms with Gasteiger partial charge in [0.2, 0.25) is 5.95 Å². The van der Waals surface area contributed by atoms with Gasteiger partial charge >= 0.3 is 5.69 Å². The molecule has 0 saturated heterocycles. The van der Waals surface area contributed by atoms with Crippen LogP contribution in [-0.4, -0.2) is 31.8 Å². The van der Waals surface area contributed by atoms with Crippen molar-refractivity contribution in [1.82, 2.24) is 18.7 Å². The van der Waals surface area contributed by atoms with Crippen LogP contribution >= 0.6 is 0 Å². The Morgan fingerprint density at radius 2 is 1.83 bits per heavy atom. The van der Waals surface area contributed by atoms with Crippen molar-refractivity contribution >= 4 is 17.1 Å². The Balaban J connectivity index is 2.80. The van der Waals surface area contributed by atoms with Gasteiger partial charge in [0.25, 0.3) is 5.56 Å². The summed E-state index contributed by atoms with van der Waals surface area (Å²) in [6.07, 6.45) is 0. The highest BCUT2D eigenvalue weighted by molar-refractivity contribution is 5.74. The molecule has 8 heteroatoms. The zero-order valence-corrected chi connectivity index (χ0v) is 10.7. The van der Waals surface area contributed by atoms with Crippen molar-refractivity contribution in [1.29, 1.82) is 0 Å². The van der Waals surface area contributed by atoms with Crippen LogP contribution in [0.15, 0.2) is 9.59 Å². The van der Waals surface area contributed by atoms with Gasteiger partial charge in [0, 0.05) is 21.1 Å². The van der Waals surface area contributed by atoms with Gasteiger partial charge < -0.3 is 15.6 Å². The Bertz CT molecular complexity index is 708. The van der Waals surface area contributed by atoms with Crippen LogP contribution in [0.2, 0.25) is 0 Å². The predicted octanol–water partition coefficient (Wildman–Crippen LogP) is -2.38. The standard InChI is InChI=1S/C10H16N6O2/c1-14-6-7(13-9(14)12-5-4-11)15(2)10(18)16(3)8(6)17/h4-5,11H2,1-3H3,(H,12,13)/p+1. The molecule has 0 bridgehead atoms. The van der Waals surface area contributed by atoms with Crippen LogP contribution in [-0.2, 0) is 21.1 Å². The first kappa shape index (κ1) is 12.4. The minimum Gasteiger partial charge on any atom is -0.356 e. The highest BCUT2D eigenvalue weighted by atomic mass is 16.2. The number of aromatic nitrogens is 4. The molecule has 0 aliphatic heterocycles. The molecule has 0 aliphatic rings. The van der Waals surface area contributed by atoms with Gasteiger partial charge in [-0.3, -0.25) is 13.9 Å². The molecule has 98 valence electrons. The smallest absolute Gasteiger partial charge is 0.332 e. The molecule has 2 aromatic rings. The number of rotatable bonds is 3. The minimum atomic E-state index is -0.380. The number of nitrogens with one attached hydrogen (secondary N) is 1. The van der Waals surface area contributed by atoms with Gasteiger partial charge in [-0.25, -0.2) is 4.79 Å². The molecule has 2 aromatic heterocycles. The summed E-state index contributed by atoms with van der Waals surface area (Å²) in [5, 5.41) is 3.07. The van der Waals surface area contributed by atoms with Gasteiger partial charge in [0.1, 0.15) is 0 Å². The van der Waals surface area contributed by atoms with Crippen molar-refractivity contribution in [3.8, 4) is 0 Å². The Labute approximate surface area is 103 Å². The maximum atomic E-state index is 12.1. The zero-order valence-electron chi connectivity index (χ0n) is 10.7. The van der Waals surface area contributed by atoms with Crippen molar-refractivity contribution in [2.45, 2.75) is 0 Å². The zero-order chi connectivity index (χ0) is 13.4. The maximum absolute atomic E-state index is 12.1. The van der Waals surface area contributed by atoms with Gasteiger partial charge in [0.15, 0.2) is 11.2 Å². The molecule has 8 nitrogen and oxygen atoms in total. The lowest BCUT2D eigenvalue weighted by Crippen LogP contribution is -2.53. The highest BCUT2D eigenvalue weighted by Crippen LogP contribution is 2.12. The van der Waals surface area contributed by atoms with Gasteiger partial charge in [-0.05, 0) is 0 Å². The largest absolute Gasteiger partial charge is 0.356 e. The third-order valence-corrected chi connectivity index (χ3v) is 2.94. The van der Waals surface area contributed by atoms with Crippen LogP contribution in [0.25, 0.3) is 11.2 Å². The fraction of sp³-hybridized carbons (Fsp3) is 0.500. The Morgan fingerprint density at radius 3 is 2.44 bits per heavy atom. The number of quaternary nitrogens is 1. The number of anilines is 1. The number of fused-ring (bicyclic) bond motifs is 1. The summed E-state index contributed by atoms with van der Waals surface area (Å²) in [5.74, 6) is 0.562. The van der Waals surface area contributed by atoms with E-state index in [-0.39, 0.29) is 11.2 Å². The fourth-order valence-electron chi connectivity index (χ4n) is 1.88. The number of nitrogens with zero attached hydrogens (tertiary/aromatic N) is 4. The second-order valence-electron chi connectivity index (χ2n) is 4.15. The lowest BCUT2D eigenvalue weighted by molar-refractivity contribution is -0.362. The van der Waals surface area contributed by atoms with Crippen molar-refractivity contribution in [3.63, 3.8) is 0 Å². The fourth-order valence-corrected chi connectivity index (χ4v) is 1.88. The van der Waals surface area contributed by atoms with E-state index in [0.29, 0.717) is 30.2 Å².